The van der Waals surface area contributed by atoms with Crippen molar-refractivity contribution >= 4 is 17.5 Å². The van der Waals surface area contributed by atoms with E-state index in [1.165, 1.54) is 0 Å². The molecule has 5 heteroatoms. The monoisotopic (exact) mass is 417 g/mol. The van der Waals surface area contributed by atoms with Crippen molar-refractivity contribution in [1.29, 1.82) is 0 Å². The van der Waals surface area contributed by atoms with Crippen molar-refractivity contribution in [3.8, 4) is 0 Å². The molecule has 2 fully saturated rings. The van der Waals surface area contributed by atoms with Gasteiger partial charge < -0.3 is 15.1 Å². The number of amides is 2. The highest BCUT2D eigenvalue weighted by molar-refractivity contribution is 6.02. The van der Waals surface area contributed by atoms with Crippen molar-refractivity contribution in [2.75, 3.05) is 25.0 Å². The minimum absolute atomic E-state index is 0.116. The van der Waals surface area contributed by atoms with Gasteiger partial charge >= 0.3 is 0 Å². The molecule has 162 valence electrons. The SMILES string of the molecule is CCCCN1C(=O)c2ccccc2NC12CCN(C(=O)C1(c3ccccc3)CC1)CC2. The second kappa shape index (κ2) is 7.70. The van der Waals surface area contributed by atoms with Crippen molar-refractivity contribution < 1.29 is 9.59 Å². The van der Waals surface area contributed by atoms with Gasteiger partial charge in [0, 0.05) is 38.2 Å². The summed E-state index contributed by atoms with van der Waals surface area (Å²) in [7, 11) is 0. The normalized spacial score (nSPS) is 20.9. The number of para-hydroxylation sites is 1. The third-order valence-corrected chi connectivity index (χ3v) is 7.39. The zero-order chi connectivity index (χ0) is 21.5. The summed E-state index contributed by atoms with van der Waals surface area (Å²) in [6.45, 7) is 4.26. The number of nitrogens with one attached hydrogen (secondary N) is 1. The van der Waals surface area contributed by atoms with Crippen LogP contribution >= 0.6 is 0 Å². The number of benzene rings is 2. The fourth-order valence-electron chi connectivity index (χ4n) is 5.35. The molecule has 2 amide bonds. The molecular formula is C26H31N3O2. The van der Waals surface area contributed by atoms with Crippen LogP contribution in [-0.4, -0.2) is 46.9 Å². The Bertz CT molecular complexity index is 975. The van der Waals surface area contributed by atoms with Crippen molar-refractivity contribution in [2.24, 2.45) is 0 Å². The highest BCUT2D eigenvalue weighted by Crippen LogP contribution is 2.50. The Balaban J connectivity index is 1.36. The minimum Gasteiger partial charge on any atom is -0.362 e. The van der Waals surface area contributed by atoms with Crippen LogP contribution in [0, 0.1) is 0 Å². The number of fused-ring (bicyclic) bond motifs is 1. The highest BCUT2D eigenvalue weighted by atomic mass is 16.2. The van der Waals surface area contributed by atoms with Crippen LogP contribution in [0.15, 0.2) is 54.6 Å². The Kier molecular flexibility index (Phi) is 4.99. The fraction of sp³-hybridized carbons (Fsp3) is 0.462. The van der Waals surface area contributed by atoms with Gasteiger partial charge in [0.05, 0.1) is 11.0 Å². The van der Waals surface area contributed by atoms with Crippen LogP contribution in [0.5, 0.6) is 0 Å². The lowest BCUT2D eigenvalue weighted by Crippen LogP contribution is -2.65. The molecule has 2 aliphatic heterocycles. The van der Waals surface area contributed by atoms with Gasteiger partial charge in [0.1, 0.15) is 5.66 Å². The lowest BCUT2D eigenvalue weighted by atomic mass is 9.88. The predicted octanol–water partition coefficient (Wildman–Crippen LogP) is 4.40. The molecule has 31 heavy (non-hydrogen) atoms. The quantitative estimate of drug-likeness (QED) is 0.784. The first kappa shape index (κ1) is 20.1. The van der Waals surface area contributed by atoms with Crippen LogP contribution in [0.25, 0.3) is 0 Å². The van der Waals surface area contributed by atoms with Crippen molar-refractivity contribution in [2.45, 2.75) is 56.5 Å². The second-order valence-electron chi connectivity index (χ2n) is 9.25. The Morgan fingerprint density at radius 3 is 2.32 bits per heavy atom. The summed E-state index contributed by atoms with van der Waals surface area (Å²) >= 11 is 0. The highest BCUT2D eigenvalue weighted by Gasteiger charge is 2.54. The molecule has 2 aromatic rings. The number of hydrogen-bond donors (Lipinski definition) is 1. The number of rotatable bonds is 5. The van der Waals surface area contributed by atoms with Crippen LogP contribution in [0.1, 0.15) is 61.4 Å². The smallest absolute Gasteiger partial charge is 0.257 e. The average molecular weight is 418 g/mol. The lowest BCUT2D eigenvalue weighted by Gasteiger charge is -2.52. The molecule has 1 aliphatic carbocycles. The first-order valence-electron chi connectivity index (χ1n) is 11.6. The molecule has 2 aromatic carbocycles. The number of likely N-dealkylation sites (tertiary alicyclic amines) is 1. The topological polar surface area (TPSA) is 52.7 Å². The third-order valence-electron chi connectivity index (χ3n) is 7.39. The molecule has 1 spiro atoms. The molecule has 0 radical (unpaired) electrons. The predicted molar refractivity (Wildman–Crippen MR) is 122 cm³/mol. The van der Waals surface area contributed by atoms with Gasteiger partial charge in [0.2, 0.25) is 5.91 Å². The van der Waals surface area contributed by atoms with Gasteiger partial charge in [-0.25, -0.2) is 0 Å². The summed E-state index contributed by atoms with van der Waals surface area (Å²) in [4.78, 5) is 31.0. The van der Waals surface area contributed by atoms with E-state index in [4.69, 9.17) is 0 Å². The maximum atomic E-state index is 13.5. The molecule has 1 saturated heterocycles. The summed E-state index contributed by atoms with van der Waals surface area (Å²) in [5.74, 6) is 0.377. The van der Waals surface area contributed by atoms with Gasteiger partial charge in [-0.2, -0.15) is 0 Å². The Morgan fingerprint density at radius 2 is 1.65 bits per heavy atom. The van der Waals surface area contributed by atoms with E-state index >= 15 is 0 Å². The van der Waals surface area contributed by atoms with Crippen molar-refractivity contribution in [1.82, 2.24) is 9.80 Å². The first-order chi connectivity index (χ1) is 15.1. The van der Waals surface area contributed by atoms with Gasteiger partial charge in [0.15, 0.2) is 0 Å². The number of unbranched alkanes of at least 4 members (excludes halogenated alkanes) is 1. The number of piperidine rings is 1. The molecule has 1 saturated carbocycles. The molecular weight excluding hydrogens is 386 g/mol. The Hall–Kier alpha value is -2.82. The molecule has 2 heterocycles. The fourth-order valence-corrected chi connectivity index (χ4v) is 5.35. The number of hydrogen-bond acceptors (Lipinski definition) is 3. The summed E-state index contributed by atoms with van der Waals surface area (Å²) in [6.07, 6.45) is 5.41. The van der Waals surface area contributed by atoms with Gasteiger partial charge in [0.25, 0.3) is 5.91 Å². The lowest BCUT2D eigenvalue weighted by molar-refractivity contribution is -0.136. The van der Waals surface area contributed by atoms with Crippen LogP contribution in [0.4, 0.5) is 5.69 Å². The Labute approximate surface area is 184 Å². The number of nitrogens with zero attached hydrogens (tertiary/aromatic N) is 2. The zero-order valence-corrected chi connectivity index (χ0v) is 18.3. The van der Waals surface area contributed by atoms with Crippen LogP contribution in [-0.2, 0) is 10.2 Å². The number of carbonyl (C=O) groups is 2. The molecule has 0 bridgehead atoms. The van der Waals surface area contributed by atoms with E-state index in [0.717, 1.165) is 61.9 Å². The van der Waals surface area contributed by atoms with Crippen LogP contribution < -0.4 is 5.32 Å². The molecule has 3 aliphatic rings. The van der Waals surface area contributed by atoms with E-state index in [2.05, 4.69) is 24.4 Å². The van der Waals surface area contributed by atoms with E-state index < -0.39 is 5.66 Å². The molecule has 0 atom stereocenters. The summed E-state index contributed by atoms with van der Waals surface area (Å²) in [5, 5.41) is 3.71. The van der Waals surface area contributed by atoms with E-state index in [9.17, 15) is 9.59 Å². The maximum absolute atomic E-state index is 13.5. The Morgan fingerprint density at radius 1 is 0.968 bits per heavy atom. The van der Waals surface area contributed by atoms with Gasteiger partial charge in [-0.3, -0.25) is 9.59 Å². The second-order valence-corrected chi connectivity index (χ2v) is 9.25. The van der Waals surface area contributed by atoms with Crippen molar-refractivity contribution in [3.63, 3.8) is 0 Å². The molecule has 5 nitrogen and oxygen atoms in total. The van der Waals surface area contributed by atoms with Gasteiger partial charge in [-0.1, -0.05) is 55.8 Å². The third kappa shape index (κ3) is 3.31. The van der Waals surface area contributed by atoms with Crippen molar-refractivity contribution in [3.05, 3.63) is 65.7 Å². The number of anilines is 1. The van der Waals surface area contributed by atoms with E-state index in [1.807, 2.05) is 52.3 Å². The van der Waals surface area contributed by atoms with E-state index in [-0.39, 0.29) is 17.2 Å². The molecule has 0 aromatic heterocycles. The molecule has 1 N–H and O–H groups in total. The zero-order valence-electron chi connectivity index (χ0n) is 18.3. The largest absolute Gasteiger partial charge is 0.362 e. The summed E-state index contributed by atoms with van der Waals surface area (Å²) in [5.41, 5.74) is 2.09. The average Bonchev–Trinajstić information content (AvgIpc) is 3.62. The summed E-state index contributed by atoms with van der Waals surface area (Å²) < 4.78 is 0. The van der Waals surface area contributed by atoms with E-state index in [1.54, 1.807) is 0 Å². The van der Waals surface area contributed by atoms with Crippen LogP contribution in [0.3, 0.4) is 0 Å². The maximum Gasteiger partial charge on any atom is 0.257 e. The summed E-state index contributed by atoms with van der Waals surface area (Å²) in [6, 6.07) is 18.0. The van der Waals surface area contributed by atoms with E-state index in [0.29, 0.717) is 13.1 Å². The minimum atomic E-state index is -0.402. The van der Waals surface area contributed by atoms with Gasteiger partial charge in [-0.15, -0.1) is 0 Å². The standard InChI is InChI=1S/C26H31N3O2/c1-2-3-17-29-23(30)21-11-7-8-12-22(21)27-26(29)15-18-28(19-16-26)24(31)25(13-14-25)20-9-5-4-6-10-20/h4-12,27H,2-3,13-19H2,1H3. The first-order valence-corrected chi connectivity index (χ1v) is 11.6. The van der Waals surface area contributed by atoms with Crippen LogP contribution in [0.2, 0.25) is 0 Å². The molecule has 0 unspecified atom stereocenters. The number of carbonyl (C=O) groups excluding carboxylic acids is 2. The van der Waals surface area contributed by atoms with Gasteiger partial charge in [-0.05, 0) is 37.0 Å². The molecule has 5 rings (SSSR count).